The van der Waals surface area contributed by atoms with Crippen LogP contribution in [0.4, 0.5) is 4.79 Å². The lowest BCUT2D eigenvalue weighted by atomic mass is 9.53. The fourth-order valence-electron chi connectivity index (χ4n) is 6.82. The van der Waals surface area contributed by atoms with Gasteiger partial charge in [0, 0.05) is 12.1 Å². The zero-order chi connectivity index (χ0) is 22.8. The van der Waals surface area contributed by atoms with Crippen LogP contribution in [-0.2, 0) is 14.3 Å². The van der Waals surface area contributed by atoms with Crippen LogP contribution in [0.15, 0.2) is 30.3 Å². The van der Waals surface area contributed by atoms with E-state index in [2.05, 4.69) is 16.0 Å². The Labute approximate surface area is 195 Å². The Bertz CT molecular complexity index is 847. The molecule has 0 radical (unpaired) electrons. The van der Waals surface area contributed by atoms with E-state index in [0.29, 0.717) is 5.92 Å². The Morgan fingerprint density at radius 3 is 2.21 bits per heavy atom. The summed E-state index contributed by atoms with van der Waals surface area (Å²) in [5.41, 5.74) is 1.03. The standard InChI is InChI=1S/C26H35N3O4/c30-22(28-24(21-6-7-21)20-4-2-1-3-5-20)16-33-23(31)8-9-27-25(32)29-26-13-17-10-18(14-26)12-19(11-17)15-26/h1-5,17-19,21,24H,6-16H2,(H,28,30)(H2,27,29,32). The van der Waals surface area contributed by atoms with Gasteiger partial charge in [-0.2, -0.15) is 0 Å². The van der Waals surface area contributed by atoms with Gasteiger partial charge in [-0.25, -0.2) is 4.79 Å². The van der Waals surface area contributed by atoms with Crippen LogP contribution < -0.4 is 16.0 Å². The molecule has 1 aromatic rings. The monoisotopic (exact) mass is 453 g/mol. The van der Waals surface area contributed by atoms with E-state index in [0.717, 1.165) is 55.4 Å². The molecule has 178 valence electrons. The van der Waals surface area contributed by atoms with Crippen molar-refractivity contribution in [1.82, 2.24) is 16.0 Å². The Balaban J connectivity index is 0.999. The number of amides is 3. The highest BCUT2D eigenvalue weighted by Crippen LogP contribution is 2.55. The third-order valence-electron chi connectivity index (χ3n) is 7.96. The van der Waals surface area contributed by atoms with E-state index in [1.54, 1.807) is 0 Å². The van der Waals surface area contributed by atoms with E-state index in [-0.39, 0.29) is 43.1 Å². The molecule has 3 N–H and O–H groups in total. The molecule has 7 heteroatoms. The number of urea groups is 1. The normalized spacial score (nSPS) is 30.4. The maximum atomic E-state index is 12.5. The van der Waals surface area contributed by atoms with Gasteiger partial charge in [-0.15, -0.1) is 0 Å². The summed E-state index contributed by atoms with van der Waals surface area (Å²) in [5.74, 6) is 1.96. The SMILES string of the molecule is O=C(COC(=O)CCNC(=O)NC12CC3CC(CC(C3)C1)C2)NC(c1ccccc1)C1CC1. The lowest BCUT2D eigenvalue weighted by molar-refractivity contribution is -0.148. The molecule has 7 nitrogen and oxygen atoms in total. The second-order valence-electron chi connectivity index (χ2n) is 10.8. The zero-order valence-electron chi connectivity index (χ0n) is 19.2. The Morgan fingerprint density at radius 1 is 0.970 bits per heavy atom. The molecule has 0 aliphatic heterocycles. The summed E-state index contributed by atoms with van der Waals surface area (Å²) in [5, 5.41) is 9.04. The van der Waals surface area contributed by atoms with Crippen molar-refractivity contribution in [2.24, 2.45) is 23.7 Å². The molecule has 5 aliphatic carbocycles. The highest BCUT2D eigenvalue weighted by Gasteiger charge is 2.51. The first kappa shape index (κ1) is 22.2. The fraction of sp³-hybridized carbons (Fsp3) is 0.654. The average Bonchev–Trinajstić information content (AvgIpc) is 3.60. The van der Waals surface area contributed by atoms with Crippen LogP contribution in [0.1, 0.15) is 69.4 Å². The summed E-state index contributed by atoms with van der Waals surface area (Å²) >= 11 is 0. The van der Waals surface area contributed by atoms with Gasteiger partial charge in [-0.3, -0.25) is 9.59 Å². The topological polar surface area (TPSA) is 96.5 Å². The van der Waals surface area contributed by atoms with Gasteiger partial charge in [0.1, 0.15) is 0 Å². The Kier molecular flexibility index (Phi) is 6.30. The first-order valence-corrected chi connectivity index (χ1v) is 12.5. The lowest BCUT2D eigenvalue weighted by Crippen LogP contribution is -2.61. The highest BCUT2D eigenvalue weighted by molar-refractivity contribution is 5.81. The molecule has 1 atom stereocenters. The number of esters is 1. The van der Waals surface area contributed by atoms with Gasteiger partial charge >= 0.3 is 12.0 Å². The molecule has 0 aromatic heterocycles. The minimum atomic E-state index is -0.483. The van der Waals surface area contributed by atoms with E-state index in [1.807, 2.05) is 30.3 Å². The largest absolute Gasteiger partial charge is 0.456 e. The number of rotatable bonds is 9. The fourth-order valence-corrected chi connectivity index (χ4v) is 6.82. The van der Waals surface area contributed by atoms with Gasteiger partial charge in [-0.05, 0) is 80.6 Å². The van der Waals surface area contributed by atoms with Crippen LogP contribution in [0.5, 0.6) is 0 Å². The number of carbonyl (C=O) groups is 3. The molecule has 5 fully saturated rings. The van der Waals surface area contributed by atoms with Gasteiger partial charge in [0.2, 0.25) is 0 Å². The quantitative estimate of drug-likeness (QED) is 0.499. The summed E-state index contributed by atoms with van der Waals surface area (Å²) in [6.45, 7) is -0.0955. The predicted molar refractivity (Wildman–Crippen MR) is 123 cm³/mol. The molecule has 0 spiro atoms. The molecule has 1 unspecified atom stereocenters. The summed E-state index contributed by atoms with van der Waals surface area (Å²) in [7, 11) is 0. The third-order valence-corrected chi connectivity index (χ3v) is 7.96. The van der Waals surface area contributed by atoms with Crippen molar-refractivity contribution in [2.75, 3.05) is 13.2 Å². The van der Waals surface area contributed by atoms with Crippen molar-refractivity contribution in [3.8, 4) is 0 Å². The number of ether oxygens (including phenoxy) is 1. The smallest absolute Gasteiger partial charge is 0.315 e. The molecule has 5 aliphatic rings. The van der Waals surface area contributed by atoms with Gasteiger partial charge < -0.3 is 20.7 Å². The Hall–Kier alpha value is -2.57. The van der Waals surface area contributed by atoms with Crippen molar-refractivity contribution < 1.29 is 19.1 Å². The molecule has 3 amide bonds. The molecule has 5 saturated carbocycles. The summed E-state index contributed by atoms with van der Waals surface area (Å²) in [4.78, 5) is 36.9. The van der Waals surface area contributed by atoms with E-state index < -0.39 is 5.97 Å². The number of hydrogen-bond acceptors (Lipinski definition) is 4. The van der Waals surface area contributed by atoms with Crippen LogP contribution in [0.25, 0.3) is 0 Å². The molecule has 4 bridgehead atoms. The van der Waals surface area contributed by atoms with Gasteiger partial charge in [0.15, 0.2) is 6.61 Å². The first-order chi connectivity index (χ1) is 16.0. The summed E-state index contributed by atoms with van der Waals surface area (Å²) < 4.78 is 5.13. The summed E-state index contributed by atoms with van der Waals surface area (Å²) in [6, 6.07) is 9.66. The molecule has 1 aromatic carbocycles. The van der Waals surface area contributed by atoms with Crippen LogP contribution in [0, 0.1) is 23.7 Å². The highest BCUT2D eigenvalue weighted by atomic mass is 16.5. The van der Waals surface area contributed by atoms with Crippen LogP contribution in [0.3, 0.4) is 0 Å². The minimum Gasteiger partial charge on any atom is -0.456 e. The van der Waals surface area contributed by atoms with Crippen molar-refractivity contribution >= 4 is 17.9 Å². The van der Waals surface area contributed by atoms with E-state index >= 15 is 0 Å². The molecular formula is C26H35N3O4. The number of carbonyl (C=O) groups excluding carboxylic acids is 3. The maximum Gasteiger partial charge on any atom is 0.315 e. The van der Waals surface area contributed by atoms with Gasteiger partial charge in [-0.1, -0.05) is 30.3 Å². The van der Waals surface area contributed by atoms with Crippen molar-refractivity contribution in [3.63, 3.8) is 0 Å². The first-order valence-electron chi connectivity index (χ1n) is 12.5. The van der Waals surface area contributed by atoms with Gasteiger partial charge in [0.25, 0.3) is 5.91 Å². The molecule has 0 heterocycles. The van der Waals surface area contributed by atoms with Crippen molar-refractivity contribution in [1.29, 1.82) is 0 Å². The molecular weight excluding hydrogens is 418 g/mol. The lowest BCUT2D eigenvalue weighted by Gasteiger charge is -2.56. The van der Waals surface area contributed by atoms with Crippen molar-refractivity contribution in [2.45, 2.75) is 69.4 Å². The van der Waals surface area contributed by atoms with Crippen molar-refractivity contribution in [3.05, 3.63) is 35.9 Å². The zero-order valence-corrected chi connectivity index (χ0v) is 19.2. The Morgan fingerprint density at radius 2 is 1.61 bits per heavy atom. The molecule has 33 heavy (non-hydrogen) atoms. The van der Waals surface area contributed by atoms with Crippen LogP contribution in [-0.4, -0.2) is 36.6 Å². The van der Waals surface area contributed by atoms with E-state index in [9.17, 15) is 14.4 Å². The number of nitrogens with one attached hydrogen (secondary N) is 3. The summed E-state index contributed by atoms with van der Waals surface area (Å²) in [6.07, 6.45) is 9.49. The molecule has 6 rings (SSSR count). The second kappa shape index (κ2) is 9.35. The minimum absolute atomic E-state index is 0.0349. The third kappa shape index (κ3) is 5.50. The van der Waals surface area contributed by atoms with E-state index in [1.165, 1.54) is 19.3 Å². The average molecular weight is 454 g/mol. The van der Waals surface area contributed by atoms with E-state index in [4.69, 9.17) is 4.74 Å². The molecule has 0 saturated heterocycles. The number of hydrogen-bond donors (Lipinski definition) is 3. The number of benzene rings is 1. The maximum absolute atomic E-state index is 12.5. The second-order valence-corrected chi connectivity index (χ2v) is 10.8. The van der Waals surface area contributed by atoms with Crippen LogP contribution >= 0.6 is 0 Å². The van der Waals surface area contributed by atoms with Gasteiger partial charge in [0.05, 0.1) is 12.5 Å². The van der Waals surface area contributed by atoms with Crippen LogP contribution in [0.2, 0.25) is 0 Å². The predicted octanol–water partition coefficient (Wildman–Crippen LogP) is 3.46.